The topological polar surface area (TPSA) is 124 Å². The van der Waals surface area contributed by atoms with Gasteiger partial charge in [0.05, 0.1) is 16.8 Å². The molecule has 2 aliphatic heterocycles. The highest BCUT2D eigenvalue weighted by atomic mass is 19.1. The Balaban J connectivity index is 1.64. The number of halogens is 1. The molecule has 1 spiro atoms. The summed E-state index contributed by atoms with van der Waals surface area (Å²) in [6, 6.07) is 10.1. The van der Waals surface area contributed by atoms with Gasteiger partial charge in [-0.3, -0.25) is 5.32 Å². The number of anilines is 1. The molecule has 9 nitrogen and oxygen atoms in total. The highest BCUT2D eigenvalue weighted by Gasteiger charge is 2.46. The second-order valence-electron chi connectivity index (χ2n) is 9.22. The van der Waals surface area contributed by atoms with E-state index in [9.17, 15) is 9.18 Å². The van der Waals surface area contributed by atoms with Crippen molar-refractivity contribution in [3.05, 3.63) is 65.9 Å². The Morgan fingerprint density at radius 2 is 1.94 bits per heavy atom. The molecule has 10 heteroatoms. The summed E-state index contributed by atoms with van der Waals surface area (Å²) in [6.45, 7) is 7.09. The van der Waals surface area contributed by atoms with Crippen molar-refractivity contribution in [3.8, 4) is 22.8 Å². The SMILES string of the molecule is CC1=NC2(N=C1N)c1cc(NC(=O)OC(C)(C)C)ccc1Oc1ncc(-c3cccnc3F)cc12. The molecule has 0 bridgehead atoms. The van der Waals surface area contributed by atoms with Crippen LogP contribution >= 0.6 is 0 Å². The number of nitrogens with zero attached hydrogens (tertiary/aromatic N) is 4. The molecular formula is C25H23FN6O3. The first-order chi connectivity index (χ1) is 16.6. The highest BCUT2D eigenvalue weighted by molar-refractivity contribution is 6.41. The van der Waals surface area contributed by atoms with Crippen molar-refractivity contribution in [3.63, 3.8) is 0 Å². The maximum Gasteiger partial charge on any atom is 0.412 e. The first-order valence-corrected chi connectivity index (χ1v) is 10.9. The third-order valence-electron chi connectivity index (χ3n) is 5.49. The Hall–Kier alpha value is -4.34. The summed E-state index contributed by atoms with van der Waals surface area (Å²) in [4.78, 5) is 30.0. The van der Waals surface area contributed by atoms with Crippen LogP contribution in [0.4, 0.5) is 14.9 Å². The first-order valence-electron chi connectivity index (χ1n) is 10.9. The maximum absolute atomic E-state index is 14.4. The number of nitrogens with one attached hydrogen (secondary N) is 1. The molecule has 1 amide bonds. The van der Waals surface area contributed by atoms with Crippen LogP contribution in [0.2, 0.25) is 0 Å². The zero-order valence-corrected chi connectivity index (χ0v) is 19.6. The monoisotopic (exact) mass is 474 g/mol. The number of pyridine rings is 2. The van der Waals surface area contributed by atoms with Gasteiger partial charge in [0.15, 0.2) is 0 Å². The number of aromatic nitrogens is 2. The highest BCUT2D eigenvalue weighted by Crippen LogP contribution is 2.52. The van der Waals surface area contributed by atoms with Gasteiger partial charge in [-0.25, -0.2) is 24.7 Å². The van der Waals surface area contributed by atoms with Crippen LogP contribution in [0.25, 0.3) is 11.1 Å². The summed E-state index contributed by atoms with van der Waals surface area (Å²) in [5.41, 5.74) is 6.97. The van der Waals surface area contributed by atoms with E-state index in [1.165, 1.54) is 12.4 Å². The van der Waals surface area contributed by atoms with Gasteiger partial charge in [0.1, 0.15) is 17.2 Å². The third-order valence-corrected chi connectivity index (χ3v) is 5.49. The van der Waals surface area contributed by atoms with Gasteiger partial charge in [0.2, 0.25) is 17.5 Å². The molecule has 5 rings (SSSR count). The van der Waals surface area contributed by atoms with Crippen molar-refractivity contribution in [1.29, 1.82) is 0 Å². The number of carbonyl (C=O) groups excluding carboxylic acids is 1. The number of hydrogen-bond donors (Lipinski definition) is 2. The number of fused-ring (bicyclic) bond motifs is 4. The fourth-order valence-corrected chi connectivity index (χ4v) is 3.99. The zero-order valence-electron chi connectivity index (χ0n) is 19.6. The van der Waals surface area contributed by atoms with Crippen LogP contribution in [0.3, 0.4) is 0 Å². The molecule has 1 aromatic carbocycles. The van der Waals surface area contributed by atoms with Crippen molar-refractivity contribution in [2.24, 2.45) is 15.7 Å². The van der Waals surface area contributed by atoms with Gasteiger partial charge >= 0.3 is 6.09 Å². The Labute approximate surface area is 200 Å². The molecule has 4 heterocycles. The average Bonchev–Trinajstić information content (AvgIpc) is 3.08. The predicted molar refractivity (Wildman–Crippen MR) is 129 cm³/mol. The van der Waals surface area contributed by atoms with Crippen LogP contribution < -0.4 is 15.8 Å². The van der Waals surface area contributed by atoms with E-state index in [1.54, 1.807) is 64.1 Å². The van der Waals surface area contributed by atoms with E-state index in [2.05, 4.69) is 15.3 Å². The molecule has 2 aliphatic rings. The lowest BCUT2D eigenvalue weighted by molar-refractivity contribution is 0.0636. The Bertz CT molecular complexity index is 1410. The summed E-state index contributed by atoms with van der Waals surface area (Å²) in [6.07, 6.45) is 2.28. The number of rotatable bonds is 2. The molecule has 0 saturated carbocycles. The van der Waals surface area contributed by atoms with Gasteiger partial charge < -0.3 is 15.2 Å². The van der Waals surface area contributed by atoms with Gasteiger partial charge in [-0.2, -0.15) is 4.39 Å². The van der Waals surface area contributed by atoms with E-state index in [0.717, 1.165) is 0 Å². The minimum absolute atomic E-state index is 0.257. The van der Waals surface area contributed by atoms with E-state index >= 15 is 0 Å². The lowest BCUT2D eigenvalue weighted by atomic mass is 9.88. The normalized spacial score (nSPS) is 18.2. The quantitative estimate of drug-likeness (QED) is 0.516. The standard InChI is InChI=1S/C25H23FN6O3/c1-13-21(27)32-25(31-13)17-11-15(30-23(33)35-24(2,3)4)7-8-19(17)34-22-18(25)10-14(12-29-22)16-6-5-9-28-20(16)26/h5-12H,1-4H3,(H2,27,32)(H,30,33). The van der Waals surface area contributed by atoms with Crippen LogP contribution in [0.1, 0.15) is 38.8 Å². The molecule has 0 saturated heterocycles. The van der Waals surface area contributed by atoms with Crippen LogP contribution in [-0.4, -0.2) is 33.2 Å². The fraction of sp³-hybridized carbons (Fsp3) is 0.240. The largest absolute Gasteiger partial charge is 0.444 e. The summed E-state index contributed by atoms with van der Waals surface area (Å²) in [5, 5.41) is 2.73. The van der Waals surface area contributed by atoms with Crippen LogP contribution in [-0.2, 0) is 10.4 Å². The Morgan fingerprint density at radius 1 is 1.14 bits per heavy atom. The van der Waals surface area contributed by atoms with Crippen molar-refractivity contribution < 1.29 is 18.7 Å². The molecular weight excluding hydrogens is 451 g/mol. The minimum Gasteiger partial charge on any atom is -0.444 e. The number of amidine groups is 1. The molecule has 1 unspecified atom stereocenters. The van der Waals surface area contributed by atoms with Crippen molar-refractivity contribution >= 4 is 23.3 Å². The van der Waals surface area contributed by atoms with Crippen LogP contribution in [0, 0.1) is 5.95 Å². The number of amides is 1. The summed E-state index contributed by atoms with van der Waals surface area (Å²) < 4.78 is 25.8. The van der Waals surface area contributed by atoms with Gasteiger partial charge in [-0.05, 0) is 64.1 Å². The molecule has 3 N–H and O–H groups in total. The molecule has 1 atom stereocenters. The molecule has 3 aromatic rings. The van der Waals surface area contributed by atoms with E-state index in [4.69, 9.17) is 25.2 Å². The zero-order chi connectivity index (χ0) is 25.0. The molecule has 2 aromatic heterocycles. The molecule has 0 aliphatic carbocycles. The smallest absolute Gasteiger partial charge is 0.412 e. The van der Waals surface area contributed by atoms with Crippen LogP contribution in [0.5, 0.6) is 11.6 Å². The molecule has 178 valence electrons. The number of carbonyl (C=O) groups is 1. The Kier molecular flexibility index (Phi) is 5.04. The number of benzene rings is 1. The van der Waals surface area contributed by atoms with Gasteiger partial charge in [-0.1, -0.05) is 0 Å². The molecule has 0 radical (unpaired) electrons. The number of nitrogens with two attached hydrogens (primary N) is 1. The van der Waals surface area contributed by atoms with Crippen molar-refractivity contribution in [2.75, 3.05) is 5.32 Å². The number of hydrogen-bond acceptors (Lipinski definition) is 8. The van der Waals surface area contributed by atoms with E-state index in [1.807, 2.05) is 0 Å². The van der Waals surface area contributed by atoms with Crippen molar-refractivity contribution in [2.45, 2.75) is 39.0 Å². The summed E-state index contributed by atoms with van der Waals surface area (Å²) in [7, 11) is 0. The van der Waals surface area contributed by atoms with Crippen molar-refractivity contribution in [1.82, 2.24) is 9.97 Å². The Morgan fingerprint density at radius 3 is 2.63 bits per heavy atom. The van der Waals surface area contributed by atoms with Crippen LogP contribution in [0.15, 0.2) is 58.8 Å². The van der Waals surface area contributed by atoms with E-state index in [0.29, 0.717) is 33.8 Å². The number of aliphatic imine (C=N–C) groups is 2. The molecule has 35 heavy (non-hydrogen) atoms. The van der Waals surface area contributed by atoms with Gasteiger partial charge in [0.25, 0.3) is 0 Å². The molecule has 0 fully saturated rings. The second kappa shape index (κ2) is 7.86. The summed E-state index contributed by atoms with van der Waals surface area (Å²) >= 11 is 0. The third kappa shape index (κ3) is 3.96. The van der Waals surface area contributed by atoms with Gasteiger partial charge in [-0.15, -0.1) is 0 Å². The van der Waals surface area contributed by atoms with Gasteiger partial charge in [0, 0.05) is 29.2 Å². The minimum atomic E-state index is -1.32. The van der Waals surface area contributed by atoms with E-state index in [-0.39, 0.29) is 17.3 Å². The lowest BCUT2D eigenvalue weighted by Gasteiger charge is -2.32. The first kappa shape index (κ1) is 22.5. The van der Waals surface area contributed by atoms with E-state index < -0.39 is 23.3 Å². The second-order valence-corrected chi connectivity index (χ2v) is 9.22. The fourth-order valence-electron chi connectivity index (χ4n) is 3.99. The average molecular weight is 474 g/mol. The lowest BCUT2D eigenvalue weighted by Crippen LogP contribution is -2.29. The summed E-state index contributed by atoms with van der Waals surface area (Å²) in [5.74, 6) is 0.356. The predicted octanol–water partition coefficient (Wildman–Crippen LogP) is 4.77. The number of ether oxygens (including phenoxy) is 2. The maximum atomic E-state index is 14.4.